The van der Waals surface area contributed by atoms with E-state index in [0.717, 1.165) is 41.9 Å². The molecule has 5 heteroatoms. The normalized spacial score (nSPS) is 28.9. The molecule has 21 heavy (non-hydrogen) atoms. The molecule has 1 saturated carbocycles. The van der Waals surface area contributed by atoms with Crippen molar-refractivity contribution in [1.29, 1.82) is 0 Å². The standard InChI is InChI=1S/C16H20FNO2S/c17-11-4-5-15-13(9-11)14(6-7-21-15)18-12-3-1-2-10(8-12)16(19)20/h4-5,9-10,12,14,18H,1-3,6-8H2,(H,19,20). The second-order valence-corrected chi connectivity index (χ2v) is 7.07. The fourth-order valence-corrected chi connectivity index (χ4v) is 4.49. The average molecular weight is 309 g/mol. The van der Waals surface area contributed by atoms with E-state index in [-0.39, 0.29) is 23.8 Å². The van der Waals surface area contributed by atoms with Crippen molar-refractivity contribution in [2.24, 2.45) is 5.92 Å². The maximum Gasteiger partial charge on any atom is 0.306 e. The number of hydrogen-bond acceptors (Lipinski definition) is 3. The van der Waals surface area contributed by atoms with E-state index in [1.165, 1.54) is 6.07 Å². The third-order valence-electron chi connectivity index (χ3n) is 4.47. The van der Waals surface area contributed by atoms with Crippen LogP contribution in [-0.4, -0.2) is 22.9 Å². The summed E-state index contributed by atoms with van der Waals surface area (Å²) in [6, 6.07) is 5.36. The first-order valence-electron chi connectivity index (χ1n) is 7.54. The van der Waals surface area contributed by atoms with Crippen molar-refractivity contribution in [1.82, 2.24) is 5.32 Å². The molecule has 0 aromatic heterocycles. The molecule has 0 amide bonds. The van der Waals surface area contributed by atoms with Gasteiger partial charge in [0.2, 0.25) is 0 Å². The van der Waals surface area contributed by atoms with Gasteiger partial charge in [0.15, 0.2) is 0 Å². The maximum atomic E-state index is 13.5. The number of carboxylic acid groups (broad SMARTS) is 1. The molecule has 3 nitrogen and oxygen atoms in total. The summed E-state index contributed by atoms with van der Waals surface area (Å²) in [5, 5.41) is 12.8. The van der Waals surface area contributed by atoms with Crippen LogP contribution in [-0.2, 0) is 4.79 Å². The largest absolute Gasteiger partial charge is 0.481 e. The summed E-state index contributed by atoms with van der Waals surface area (Å²) in [4.78, 5) is 12.3. The molecule has 0 radical (unpaired) electrons. The second kappa shape index (κ2) is 6.36. The summed E-state index contributed by atoms with van der Waals surface area (Å²) < 4.78 is 13.5. The van der Waals surface area contributed by atoms with E-state index in [1.54, 1.807) is 17.8 Å². The van der Waals surface area contributed by atoms with Gasteiger partial charge >= 0.3 is 5.97 Å². The van der Waals surface area contributed by atoms with E-state index < -0.39 is 5.97 Å². The van der Waals surface area contributed by atoms with Crippen LogP contribution in [0.25, 0.3) is 0 Å². The van der Waals surface area contributed by atoms with Gasteiger partial charge in [-0.05, 0) is 55.2 Å². The van der Waals surface area contributed by atoms with E-state index in [9.17, 15) is 14.3 Å². The number of rotatable bonds is 3. The third kappa shape index (κ3) is 3.40. The molecule has 3 atom stereocenters. The lowest BCUT2D eigenvalue weighted by Gasteiger charge is -2.33. The van der Waals surface area contributed by atoms with E-state index in [2.05, 4.69) is 5.32 Å². The van der Waals surface area contributed by atoms with Gasteiger partial charge < -0.3 is 10.4 Å². The lowest BCUT2D eigenvalue weighted by atomic mass is 9.85. The Morgan fingerprint density at radius 3 is 3.00 bits per heavy atom. The number of aliphatic carboxylic acids is 1. The molecule has 2 N–H and O–H groups in total. The van der Waals surface area contributed by atoms with Crippen molar-refractivity contribution < 1.29 is 14.3 Å². The Morgan fingerprint density at radius 1 is 1.33 bits per heavy atom. The molecule has 0 bridgehead atoms. The smallest absolute Gasteiger partial charge is 0.306 e. The van der Waals surface area contributed by atoms with E-state index in [4.69, 9.17) is 0 Å². The Kier molecular flexibility index (Phi) is 4.50. The Hall–Kier alpha value is -1.07. The van der Waals surface area contributed by atoms with Crippen molar-refractivity contribution in [2.75, 3.05) is 5.75 Å². The topological polar surface area (TPSA) is 49.3 Å². The zero-order valence-corrected chi connectivity index (χ0v) is 12.7. The fraction of sp³-hybridized carbons (Fsp3) is 0.562. The lowest BCUT2D eigenvalue weighted by molar-refractivity contribution is -0.143. The number of thioether (sulfide) groups is 1. The molecule has 1 aromatic rings. The molecule has 1 fully saturated rings. The third-order valence-corrected chi connectivity index (χ3v) is 5.59. The monoisotopic (exact) mass is 309 g/mol. The van der Waals surface area contributed by atoms with Crippen molar-refractivity contribution in [3.63, 3.8) is 0 Å². The van der Waals surface area contributed by atoms with Gasteiger partial charge in [0.25, 0.3) is 0 Å². The van der Waals surface area contributed by atoms with Gasteiger partial charge in [0.05, 0.1) is 5.92 Å². The van der Waals surface area contributed by atoms with Gasteiger partial charge in [-0.25, -0.2) is 4.39 Å². The van der Waals surface area contributed by atoms with Crippen LogP contribution in [0, 0.1) is 11.7 Å². The molecule has 1 aliphatic heterocycles. The van der Waals surface area contributed by atoms with Crippen LogP contribution in [0.4, 0.5) is 4.39 Å². The van der Waals surface area contributed by atoms with E-state index >= 15 is 0 Å². The molecule has 114 valence electrons. The number of carbonyl (C=O) groups is 1. The second-order valence-electron chi connectivity index (χ2n) is 5.94. The first kappa shape index (κ1) is 14.9. The van der Waals surface area contributed by atoms with E-state index in [1.807, 2.05) is 6.07 Å². The molecular formula is C16H20FNO2S. The minimum absolute atomic E-state index is 0.148. The molecule has 0 spiro atoms. The van der Waals surface area contributed by atoms with Gasteiger partial charge in [-0.3, -0.25) is 4.79 Å². The Morgan fingerprint density at radius 2 is 2.19 bits per heavy atom. The van der Waals surface area contributed by atoms with Crippen LogP contribution < -0.4 is 5.32 Å². The zero-order chi connectivity index (χ0) is 14.8. The molecule has 3 unspecified atom stereocenters. The molecule has 0 saturated heterocycles. The van der Waals surface area contributed by atoms with Gasteiger partial charge in [-0.15, -0.1) is 11.8 Å². The van der Waals surface area contributed by atoms with Crippen molar-refractivity contribution in [3.05, 3.63) is 29.6 Å². The predicted octanol–water partition coefficient (Wildman–Crippen LogP) is 3.60. The van der Waals surface area contributed by atoms with Gasteiger partial charge in [0.1, 0.15) is 5.82 Å². The van der Waals surface area contributed by atoms with Gasteiger partial charge in [-0.1, -0.05) is 6.42 Å². The highest BCUT2D eigenvalue weighted by atomic mass is 32.2. The number of hydrogen-bond donors (Lipinski definition) is 2. The summed E-state index contributed by atoms with van der Waals surface area (Å²) in [7, 11) is 0. The number of fused-ring (bicyclic) bond motifs is 1. The first-order valence-corrected chi connectivity index (χ1v) is 8.53. The first-order chi connectivity index (χ1) is 10.1. The molecule has 3 rings (SSSR count). The molecule has 2 aliphatic rings. The summed E-state index contributed by atoms with van der Waals surface area (Å²) in [6.07, 6.45) is 4.39. The number of halogens is 1. The number of benzene rings is 1. The minimum Gasteiger partial charge on any atom is -0.481 e. The lowest BCUT2D eigenvalue weighted by Crippen LogP contribution is -2.39. The maximum absolute atomic E-state index is 13.5. The molecule has 1 aromatic carbocycles. The van der Waals surface area contributed by atoms with Crippen LogP contribution >= 0.6 is 11.8 Å². The Balaban J connectivity index is 1.71. The number of carboxylic acids is 1. The van der Waals surface area contributed by atoms with Crippen LogP contribution in [0.1, 0.15) is 43.7 Å². The molecular weight excluding hydrogens is 289 g/mol. The highest BCUT2D eigenvalue weighted by molar-refractivity contribution is 7.99. The predicted molar refractivity (Wildman–Crippen MR) is 81.0 cm³/mol. The highest BCUT2D eigenvalue weighted by Crippen LogP contribution is 2.37. The quantitative estimate of drug-likeness (QED) is 0.896. The van der Waals surface area contributed by atoms with Crippen LogP contribution in [0.5, 0.6) is 0 Å². The minimum atomic E-state index is -0.688. The van der Waals surface area contributed by atoms with Crippen LogP contribution in [0.3, 0.4) is 0 Å². The van der Waals surface area contributed by atoms with E-state index in [0.29, 0.717) is 6.42 Å². The summed E-state index contributed by atoms with van der Waals surface area (Å²) in [5.41, 5.74) is 1.03. The van der Waals surface area contributed by atoms with Crippen molar-refractivity contribution >= 4 is 17.7 Å². The summed E-state index contributed by atoms with van der Waals surface area (Å²) in [6.45, 7) is 0. The summed E-state index contributed by atoms with van der Waals surface area (Å²) >= 11 is 1.77. The summed E-state index contributed by atoms with van der Waals surface area (Å²) in [5.74, 6) is -0.103. The van der Waals surface area contributed by atoms with Crippen molar-refractivity contribution in [2.45, 2.75) is 49.1 Å². The zero-order valence-electron chi connectivity index (χ0n) is 11.8. The molecule has 1 aliphatic carbocycles. The fourth-order valence-electron chi connectivity index (χ4n) is 3.39. The average Bonchev–Trinajstić information content (AvgIpc) is 2.48. The SMILES string of the molecule is O=C(O)C1CCCC(NC2CCSc3ccc(F)cc32)C1. The van der Waals surface area contributed by atoms with Gasteiger partial charge in [-0.2, -0.15) is 0 Å². The highest BCUT2D eigenvalue weighted by Gasteiger charge is 2.30. The number of nitrogens with one attached hydrogen (secondary N) is 1. The van der Waals surface area contributed by atoms with Crippen LogP contribution in [0.15, 0.2) is 23.1 Å². The Bertz CT molecular complexity index is 537. The molecule has 1 heterocycles. The van der Waals surface area contributed by atoms with Gasteiger partial charge in [0, 0.05) is 17.0 Å². The van der Waals surface area contributed by atoms with Crippen molar-refractivity contribution in [3.8, 4) is 0 Å². The van der Waals surface area contributed by atoms with Crippen LogP contribution in [0.2, 0.25) is 0 Å². The Labute approximate surface area is 128 Å².